The number of aryl methyl sites for hydroxylation is 1. The lowest BCUT2D eigenvalue weighted by atomic mass is 10.0. The zero-order valence-electron chi connectivity index (χ0n) is 16.5. The van der Waals surface area contributed by atoms with Crippen molar-refractivity contribution in [3.63, 3.8) is 0 Å². The summed E-state index contributed by atoms with van der Waals surface area (Å²) in [4.78, 5) is 7.02. The second kappa shape index (κ2) is 7.23. The molecule has 0 fully saturated rings. The number of rotatable bonds is 1. The molecule has 5 aromatic rings. The SMILES string of the molecule is CCc1c(F)c(F)c(F)c2c1c(=NC#N)c1sc3c(=NC#N)c4c(F)c(F)c(F)c(F)c4c3c12. The van der Waals surface area contributed by atoms with Gasteiger partial charge in [0.1, 0.15) is 10.7 Å². The molecule has 0 saturated carbocycles. The van der Waals surface area contributed by atoms with E-state index in [0.717, 1.165) is 0 Å². The fourth-order valence-corrected chi connectivity index (χ4v) is 5.71. The van der Waals surface area contributed by atoms with Crippen molar-refractivity contribution >= 4 is 53.1 Å². The Labute approximate surface area is 187 Å². The van der Waals surface area contributed by atoms with Gasteiger partial charge in [0.15, 0.2) is 40.7 Å². The number of hydrogen-bond acceptors (Lipinski definition) is 5. The second-order valence-corrected chi connectivity index (χ2v) is 8.18. The topological polar surface area (TPSA) is 72.3 Å². The van der Waals surface area contributed by atoms with Crippen LogP contribution in [0.2, 0.25) is 0 Å². The van der Waals surface area contributed by atoms with Crippen LogP contribution in [0.1, 0.15) is 12.5 Å². The van der Waals surface area contributed by atoms with E-state index in [4.69, 9.17) is 10.5 Å². The highest BCUT2D eigenvalue weighted by atomic mass is 32.1. The summed E-state index contributed by atoms with van der Waals surface area (Å²) in [5.74, 6) is -13.0. The number of thiophene rings is 1. The molecule has 4 nitrogen and oxygen atoms in total. The minimum atomic E-state index is -2.16. The van der Waals surface area contributed by atoms with E-state index in [-0.39, 0.29) is 37.5 Å². The maximum absolute atomic E-state index is 15.1. The molecule has 1 heterocycles. The van der Waals surface area contributed by atoms with Crippen LogP contribution in [0.25, 0.3) is 41.7 Å². The fourth-order valence-electron chi connectivity index (χ4n) is 4.41. The first kappa shape index (κ1) is 21.8. The average Bonchev–Trinajstić information content (AvgIpc) is 3.43. The van der Waals surface area contributed by atoms with Gasteiger partial charge in [0.2, 0.25) is 12.4 Å². The Kier molecular flexibility index (Phi) is 4.64. The van der Waals surface area contributed by atoms with Crippen molar-refractivity contribution in [1.82, 2.24) is 0 Å². The molecule has 5 rings (SSSR count). The van der Waals surface area contributed by atoms with Crippen LogP contribution in [0.15, 0.2) is 9.98 Å². The highest BCUT2D eigenvalue weighted by Crippen LogP contribution is 2.45. The number of halogens is 7. The average molecular weight is 490 g/mol. The number of fused-ring (bicyclic) bond motifs is 7. The van der Waals surface area contributed by atoms with Crippen molar-refractivity contribution in [1.29, 1.82) is 10.5 Å². The normalized spacial score (nSPS) is 13.1. The molecule has 0 saturated heterocycles. The molecule has 168 valence electrons. The van der Waals surface area contributed by atoms with Gasteiger partial charge in [-0.15, -0.1) is 11.3 Å². The Morgan fingerprint density at radius 3 is 1.47 bits per heavy atom. The van der Waals surface area contributed by atoms with Crippen LogP contribution < -0.4 is 10.7 Å². The van der Waals surface area contributed by atoms with Gasteiger partial charge >= 0.3 is 0 Å². The van der Waals surface area contributed by atoms with Gasteiger partial charge < -0.3 is 0 Å². The summed E-state index contributed by atoms with van der Waals surface area (Å²) < 4.78 is 102. The van der Waals surface area contributed by atoms with Crippen LogP contribution in [0, 0.1) is 63.6 Å². The highest BCUT2D eigenvalue weighted by Gasteiger charge is 2.32. The standard InChI is InChI=1S/C22H5F7N4S/c1-2-5-6-7(13(24)16(27)12(5)23)9-10-8-11(15(26)18(29)17(28)14(8)25)20(33-4-31)22(10)34-21(9)19(6)32-3-30/h2H2,1H3. The molecule has 0 unspecified atom stereocenters. The zero-order valence-corrected chi connectivity index (χ0v) is 17.4. The molecular weight excluding hydrogens is 485 g/mol. The van der Waals surface area contributed by atoms with Gasteiger partial charge in [0, 0.05) is 32.5 Å². The van der Waals surface area contributed by atoms with E-state index < -0.39 is 67.6 Å². The molecule has 1 aromatic heterocycles. The van der Waals surface area contributed by atoms with Gasteiger partial charge in [0.05, 0.1) is 14.8 Å². The zero-order chi connectivity index (χ0) is 24.6. The van der Waals surface area contributed by atoms with Gasteiger partial charge in [-0.05, 0) is 6.42 Å². The van der Waals surface area contributed by atoms with Crippen molar-refractivity contribution < 1.29 is 30.7 Å². The molecule has 4 aromatic carbocycles. The Morgan fingerprint density at radius 2 is 1.00 bits per heavy atom. The van der Waals surface area contributed by atoms with E-state index in [1.54, 1.807) is 0 Å². The van der Waals surface area contributed by atoms with E-state index in [1.807, 2.05) is 0 Å². The number of nitrogens with zero attached hydrogens (tertiary/aromatic N) is 4. The first-order chi connectivity index (χ1) is 16.2. The van der Waals surface area contributed by atoms with E-state index >= 15 is 4.39 Å². The smallest absolute Gasteiger partial charge is 0.203 e. The molecule has 0 aliphatic rings. The van der Waals surface area contributed by atoms with E-state index in [2.05, 4.69) is 9.98 Å². The summed E-state index contributed by atoms with van der Waals surface area (Å²) in [5, 5.41) is 14.1. The van der Waals surface area contributed by atoms with Gasteiger partial charge in [-0.1, -0.05) is 6.92 Å². The Morgan fingerprint density at radius 1 is 0.588 bits per heavy atom. The number of hydrogen-bond donors (Lipinski definition) is 0. The quantitative estimate of drug-likeness (QED) is 0.134. The number of nitriles is 2. The van der Waals surface area contributed by atoms with Crippen LogP contribution in [0.5, 0.6) is 0 Å². The van der Waals surface area contributed by atoms with Crippen LogP contribution in [-0.2, 0) is 6.42 Å². The summed E-state index contributed by atoms with van der Waals surface area (Å²) in [7, 11) is 0. The Hall–Kier alpha value is -4.03. The maximum Gasteiger partial charge on any atom is 0.206 e. The maximum atomic E-state index is 15.1. The van der Waals surface area contributed by atoms with Crippen LogP contribution in [0.3, 0.4) is 0 Å². The van der Waals surface area contributed by atoms with Crippen molar-refractivity contribution in [3.05, 3.63) is 57.0 Å². The minimum Gasteiger partial charge on any atom is -0.203 e. The van der Waals surface area contributed by atoms with Crippen LogP contribution >= 0.6 is 11.3 Å². The Bertz CT molecular complexity index is 1950. The van der Waals surface area contributed by atoms with Crippen LogP contribution in [-0.4, -0.2) is 0 Å². The summed E-state index contributed by atoms with van der Waals surface area (Å²) in [5.41, 5.74) is -0.318. The molecule has 0 aliphatic heterocycles. The van der Waals surface area contributed by atoms with Crippen molar-refractivity contribution in [3.8, 4) is 12.4 Å². The number of benzene rings is 2. The third-order valence-electron chi connectivity index (χ3n) is 5.68. The monoisotopic (exact) mass is 490 g/mol. The molecule has 34 heavy (non-hydrogen) atoms. The van der Waals surface area contributed by atoms with Gasteiger partial charge in [-0.2, -0.15) is 20.5 Å². The third kappa shape index (κ3) is 2.41. The lowest BCUT2D eigenvalue weighted by molar-refractivity contribution is 0.418. The van der Waals surface area contributed by atoms with Gasteiger partial charge in [0.25, 0.3) is 0 Å². The fraction of sp³-hybridized carbons (Fsp3) is 0.0909. The lowest BCUT2D eigenvalue weighted by Crippen LogP contribution is -2.06. The Balaban J connectivity index is 2.29. The molecule has 0 amide bonds. The first-order valence-electron chi connectivity index (χ1n) is 9.38. The van der Waals surface area contributed by atoms with E-state index in [0.29, 0.717) is 11.3 Å². The largest absolute Gasteiger partial charge is 0.206 e. The van der Waals surface area contributed by atoms with E-state index in [1.165, 1.54) is 19.3 Å². The molecule has 0 radical (unpaired) electrons. The third-order valence-corrected chi connectivity index (χ3v) is 6.88. The molecule has 0 aliphatic carbocycles. The molecular formula is C22H5F7N4S. The predicted octanol–water partition coefficient (Wildman–Crippen LogP) is 5.54. The second-order valence-electron chi connectivity index (χ2n) is 7.16. The summed E-state index contributed by atoms with van der Waals surface area (Å²) >= 11 is 0.636. The highest BCUT2D eigenvalue weighted by molar-refractivity contribution is 7.26. The molecule has 0 bridgehead atoms. The predicted molar refractivity (Wildman–Crippen MR) is 108 cm³/mol. The lowest BCUT2D eigenvalue weighted by Gasteiger charge is -2.06. The van der Waals surface area contributed by atoms with E-state index in [9.17, 15) is 26.3 Å². The van der Waals surface area contributed by atoms with Crippen molar-refractivity contribution in [2.24, 2.45) is 9.98 Å². The van der Waals surface area contributed by atoms with Crippen LogP contribution in [0.4, 0.5) is 30.7 Å². The van der Waals surface area contributed by atoms with Crippen molar-refractivity contribution in [2.75, 3.05) is 0 Å². The molecule has 12 heteroatoms. The molecule has 0 N–H and O–H groups in total. The van der Waals surface area contributed by atoms with Crippen molar-refractivity contribution in [2.45, 2.75) is 13.3 Å². The molecule has 0 atom stereocenters. The first-order valence-corrected chi connectivity index (χ1v) is 10.2. The summed E-state index contributed by atoms with van der Waals surface area (Å²) in [6.45, 7) is 1.44. The molecule has 0 spiro atoms. The van der Waals surface area contributed by atoms with Gasteiger partial charge in [-0.25, -0.2) is 30.7 Å². The van der Waals surface area contributed by atoms with Gasteiger partial charge in [-0.3, -0.25) is 0 Å². The summed E-state index contributed by atoms with van der Waals surface area (Å²) in [6.07, 6.45) is 2.70. The minimum absolute atomic E-state index is 0.0546. The summed E-state index contributed by atoms with van der Waals surface area (Å²) in [6, 6.07) is 0.